The maximum atomic E-state index is 16.5. The monoisotopic (exact) mass is 694 g/mol. The second-order valence-electron chi connectivity index (χ2n) is 13.1. The third-order valence-corrected chi connectivity index (χ3v) is 9.97. The van der Waals surface area contributed by atoms with Crippen molar-refractivity contribution in [1.82, 2.24) is 9.88 Å². The van der Waals surface area contributed by atoms with Crippen LogP contribution in [0.3, 0.4) is 0 Å². The van der Waals surface area contributed by atoms with E-state index >= 15 is 8.78 Å². The highest BCUT2D eigenvalue weighted by atomic mass is 19.1. The fraction of sp³-hybridized carbons (Fsp3) is 0.333. The molecule has 1 aliphatic heterocycles. The molecular weight excluding hydrogens is 658 g/mol. The molecule has 10 nitrogen and oxygen atoms in total. The van der Waals surface area contributed by atoms with Gasteiger partial charge in [-0.05, 0) is 68.4 Å². The summed E-state index contributed by atoms with van der Waals surface area (Å²) in [6.45, 7) is 1.58. The van der Waals surface area contributed by atoms with E-state index in [2.05, 4.69) is 9.98 Å². The van der Waals surface area contributed by atoms with Crippen molar-refractivity contribution in [3.63, 3.8) is 0 Å². The molecule has 0 radical (unpaired) electrons. The van der Waals surface area contributed by atoms with Crippen LogP contribution in [0, 0.1) is 28.4 Å². The van der Waals surface area contributed by atoms with E-state index in [4.69, 9.17) is 23.7 Å². The van der Waals surface area contributed by atoms with Crippen molar-refractivity contribution in [3.05, 3.63) is 101 Å². The van der Waals surface area contributed by atoms with E-state index in [1.165, 1.54) is 19.2 Å². The van der Waals surface area contributed by atoms with Gasteiger partial charge in [-0.2, -0.15) is 19.0 Å². The number of carbonyl (C=O) groups is 1. The molecule has 262 valence electrons. The first-order valence-corrected chi connectivity index (χ1v) is 16.8. The van der Waals surface area contributed by atoms with Gasteiger partial charge >= 0.3 is 5.97 Å². The van der Waals surface area contributed by atoms with Crippen LogP contribution in [0.4, 0.5) is 8.78 Å². The van der Waals surface area contributed by atoms with E-state index in [9.17, 15) is 10.1 Å². The molecule has 12 heteroatoms. The average Bonchev–Trinajstić information content (AvgIpc) is 3.61. The molecule has 4 aliphatic rings. The van der Waals surface area contributed by atoms with Gasteiger partial charge in [-0.3, -0.25) is 9.79 Å². The second-order valence-corrected chi connectivity index (χ2v) is 13.1. The Hall–Kier alpha value is -5.70. The number of esters is 1. The molecule has 3 fully saturated rings. The minimum Gasteiger partial charge on any atom is -0.485 e. The van der Waals surface area contributed by atoms with Crippen molar-refractivity contribution in [2.75, 3.05) is 27.2 Å². The SMILES string of the molecule is COC(=O)C12CCC(Oc3c(F)c(Oc4cccc(C5=NCCN5C)c4)nc(Oc4cc(C#N)ccc4OCc4ccccc4)c3F)(CC1)CC2. The molecule has 0 unspecified atom stereocenters. The number of likely N-dealkylation sites (N-methyl/N-ethyl adjacent to an activating group) is 1. The number of methoxy groups -OCH3 is 1. The number of pyridine rings is 1. The summed E-state index contributed by atoms with van der Waals surface area (Å²) >= 11 is 0. The standard InChI is InChI=1S/C39H36F2N4O6/c1-45-20-19-43-34(45)27-9-6-10-28(22-27)49-35-31(40)33(51-39-16-13-38(14-17-39,15-18-39)37(46)47-2)32(41)36(44-35)50-30-21-26(23-42)11-12-29(30)48-24-25-7-4-3-5-8-25/h3-12,21-22H,13-20,24H2,1-2H3. The normalized spacial score (nSPS) is 20.7. The Morgan fingerprint density at radius 3 is 2.29 bits per heavy atom. The summed E-state index contributed by atoms with van der Waals surface area (Å²) in [6, 6.07) is 22.9. The first kappa shape index (κ1) is 33.8. The molecule has 2 heterocycles. The number of ether oxygens (including phenoxy) is 5. The average molecular weight is 695 g/mol. The number of rotatable bonds is 11. The number of nitriles is 1. The van der Waals surface area contributed by atoms with Gasteiger partial charge in [-0.25, -0.2) is 0 Å². The number of amidine groups is 1. The summed E-state index contributed by atoms with van der Waals surface area (Å²) < 4.78 is 62.4. The summed E-state index contributed by atoms with van der Waals surface area (Å²) in [5.41, 5.74) is 0.305. The topological polar surface area (TPSA) is 116 Å². The molecule has 8 rings (SSSR count). The second kappa shape index (κ2) is 13.9. The van der Waals surface area contributed by atoms with Crippen molar-refractivity contribution in [3.8, 4) is 40.8 Å². The summed E-state index contributed by atoms with van der Waals surface area (Å²) in [4.78, 5) is 23.3. The fourth-order valence-corrected chi connectivity index (χ4v) is 7.02. The number of aliphatic imine (C=N–C) groups is 1. The predicted molar refractivity (Wildman–Crippen MR) is 182 cm³/mol. The third kappa shape index (κ3) is 6.76. The number of benzene rings is 3. The quantitative estimate of drug-likeness (QED) is 0.146. The zero-order valence-electron chi connectivity index (χ0n) is 28.3. The summed E-state index contributed by atoms with van der Waals surface area (Å²) in [5, 5.41) is 9.63. The van der Waals surface area contributed by atoms with Crippen LogP contribution in [0.1, 0.15) is 55.2 Å². The molecule has 0 amide bonds. The summed E-state index contributed by atoms with van der Waals surface area (Å²) in [7, 11) is 3.30. The van der Waals surface area contributed by atoms with Crippen LogP contribution in [0.2, 0.25) is 0 Å². The molecule has 3 aliphatic carbocycles. The Bertz CT molecular complexity index is 2010. The lowest BCUT2D eigenvalue weighted by molar-refractivity contribution is -0.166. The first-order chi connectivity index (χ1) is 24.7. The summed E-state index contributed by atoms with van der Waals surface area (Å²) in [6.07, 6.45) is 2.60. The predicted octanol–water partition coefficient (Wildman–Crippen LogP) is 7.73. The van der Waals surface area contributed by atoms with E-state index in [1.54, 1.807) is 24.3 Å². The molecule has 0 N–H and O–H groups in total. The lowest BCUT2D eigenvalue weighted by atomic mass is 9.58. The summed E-state index contributed by atoms with van der Waals surface area (Å²) in [5.74, 6) is -3.32. The van der Waals surface area contributed by atoms with Crippen molar-refractivity contribution in [2.24, 2.45) is 10.4 Å². The molecule has 3 aromatic carbocycles. The first-order valence-electron chi connectivity index (χ1n) is 16.8. The van der Waals surface area contributed by atoms with Gasteiger partial charge in [-0.15, -0.1) is 0 Å². The Morgan fingerprint density at radius 1 is 0.902 bits per heavy atom. The number of aromatic nitrogens is 1. The number of hydrogen-bond donors (Lipinski definition) is 0. The van der Waals surface area contributed by atoms with Gasteiger partial charge in [-0.1, -0.05) is 42.5 Å². The number of carbonyl (C=O) groups excluding carboxylic acids is 1. The molecule has 2 bridgehead atoms. The minimum absolute atomic E-state index is 0.0134. The molecule has 4 aromatic rings. The largest absolute Gasteiger partial charge is 0.485 e. The van der Waals surface area contributed by atoms with E-state index < -0.39 is 40.2 Å². The van der Waals surface area contributed by atoms with Crippen LogP contribution >= 0.6 is 0 Å². The molecular formula is C39H36F2N4O6. The molecule has 51 heavy (non-hydrogen) atoms. The van der Waals surface area contributed by atoms with Crippen LogP contribution in [-0.4, -0.2) is 54.5 Å². The van der Waals surface area contributed by atoms with Crippen LogP contribution in [0.5, 0.6) is 34.8 Å². The van der Waals surface area contributed by atoms with Crippen LogP contribution in [0.15, 0.2) is 77.8 Å². The Balaban J connectivity index is 1.25. The van der Waals surface area contributed by atoms with Crippen LogP contribution in [0.25, 0.3) is 0 Å². The minimum atomic E-state index is -1.18. The van der Waals surface area contributed by atoms with Gasteiger partial charge in [0.1, 0.15) is 23.8 Å². The van der Waals surface area contributed by atoms with Crippen molar-refractivity contribution in [1.29, 1.82) is 5.26 Å². The van der Waals surface area contributed by atoms with Gasteiger partial charge in [0.25, 0.3) is 11.8 Å². The van der Waals surface area contributed by atoms with Crippen LogP contribution < -0.4 is 18.9 Å². The Kier molecular flexibility index (Phi) is 9.21. The van der Waals surface area contributed by atoms with Crippen molar-refractivity contribution >= 4 is 11.8 Å². The van der Waals surface area contributed by atoms with E-state index in [-0.39, 0.29) is 35.4 Å². The Morgan fingerprint density at radius 2 is 1.63 bits per heavy atom. The molecule has 0 saturated heterocycles. The lowest BCUT2D eigenvalue weighted by Gasteiger charge is -2.51. The van der Waals surface area contributed by atoms with Crippen LogP contribution in [-0.2, 0) is 16.1 Å². The zero-order chi connectivity index (χ0) is 35.6. The number of hydrogen-bond acceptors (Lipinski definition) is 10. The van der Waals surface area contributed by atoms with E-state index in [0.29, 0.717) is 45.1 Å². The smallest absolute Gasteiger partial charge is 0.311 e. The molecule has 0 spiro atoms. The third-order valence-electron chi connectivity index (χ3n) is 9.97. The Labute approximate surface area is 294 Å². The number of fused-ring (bicyclic) bond motifs is 3. The van der Waals surface area contributed by atoms with Crippen molar-refractivity contribution < 1.29 is 37.3 Å². The zero-order valence-corrected chi connectivity index (χ0v) is 28.3. The molecule has 3 saturated carbocycles. The lowest BCUT2D eigenvalue weighted by Crippen LogP contribution is -2.52. The molecule has 0 atom stereocenters. The van der Waals surface area contributed by atoms with Gasteiger partial charge in [0.05, 0.1) is 30.7 Å². The van der Waals surface area contributed by atoms with Gasteiger partial charge in [0.2, 0.25) is 17.4 Å². The number of halogens is 2. The molecule has 1 aromatic heterocycles. The van der Waals surface area contributed by atoms with Gasteiger partial charge < -0.3 is 28.6 Å². The fourth-order valence-electron chi connectivity index (χ4n) is 7.02. The van der Waals surface area contributed by atoms with Gasteiger partial charge in [0.15, 0.2) is 11.5 Å². The highest BCUT2D eigenvalue weighted by Crippen LogP contribution is 2.55. The van der Waals surface area contributed by atoms with Gasteiger partial charge in [0, 0.05) is 25.2 Å². The highest BCUT2D eigenvalue weighted by molar-refractivity contribution is 5.99. The van der Waals surface area contributed by atoms with E-state index in [0.717, 1.165) is 23.5 Å². The maximum Gasteiger partial charge on any atom is 0.311 e. The highest BCUT2D eigenvalue weighted by Gasteiger charge is 2.55. The van der Waals surface area contributed by atoms with E-state index in [1.807, 2.05) is 54.4 Å². The maximum absolute atomic E-state index is 16.5. The number of nitrogens with zero attached hydrogens (tertiary/aromatic N) is 4. The van der Waals surface area contributed by atoms with Crippen molar-refractivity contribution in [2.45, 2.75) is 50.7 Å².